The van der Waals surface area contributed by atoms with E-state index in [1.54, 1.807) is 0 Å². The van der Waals surface area contributed by atoms with Crippen molar-refractivity contribution in [2.75, 3.05) is 0 Å². The van der Waals surface area contributed by atoms with Crippen molar-refractivity contribution in [3.8, 4) is 0 Å². The van der Waals surface area contributed by atoms with E-state index in [1.807, 2.05) is 0 Å². The first-order valence-corrected chi connectivity index (χ1v) is 2.61. The van der Waals surface area contributed by atoms with Crippen molar-refractivity contribution < 1.29 is 104 Å². The molecule has 7 heavy (non-hydrogen) atoms. The van der Waals surface area contributed by atoms with Crippen LogP contribution >= 0.6 is 0 Å². The zero-order valence-electron chi connectivity index (χ0n) is 4.35. The van der Waals surface area contributed by atoms with Crippen LogP contribution < -0.4 is 51.4 Å². The molecule has 7 heteroatoms. The number of hydrogen-bond acceptors (Lipinski definition) is 3. The van der Waals surface area contributed by atoms with E-state index in [2.05, 4.69) is 0 Å². The normalized spacial score (nSPS) is 8.14. The predicted molar refractivity (Wildman–Crippen MR) is 5.39 cm³/mol. The molecule has 0 saturated heterocycles. The van der Waals surface area contributed by atoms with Crippen molar-refractivity contribution in [1.29, 1.82) is 0 Å². The Bertz CT molecular complexity index is 137. The van der Waals surface area contributed by atoms with Crippen LogP contribution in [0.4, 0.5) is 0 Å². The third-order valence-corrected chi connectivity index (χ3v) is 0. The topological polar surface area (TPSA) is 71.4 Å². The summed E-state index contributed by atoms with van der Waals surface area (Å²) in [5.74, 6) is 0. The summed E-state index contributed by atoms with van der Waals surface area (Å²) in [7, 11) is 0. The Balaban J connectivity index is -0.0000000267. The van der Waals surface area contributed by atoms with Gasteiger partial charge in [0.2, 0.25) is 0 Å². The minimum atomic E-state index is -5.38. The van der Waals surface area contributed by atoms with E-state index in [-0.39, 0.29) is 75.2 Å². The first-order valence-electron chi connectivity index (χ1n) is 0.632. The van der Waals surface area contributed by atoms with Crippen molar-refractivity contribution in [3.63, 3.8) is 0 Å². The van der Waals surface area contributed by atoms with Crippen LogP contribution in [-0.4, -0.2) is 4.19 Å². The van der Waals surface area contributed by atoms with Gasteiger partial charge in [-0.25, -0.2) is 0 Å². The van der Waals surface area contributed by atoms with E-state index >= 15 is 0 Å². The van der Waals surface area contributed by atoms with Gasteiger partial charge in [-0.2, -0.15) is 0 Å². The van der Waals surface area contributed by atoms with Crippen molar-refractivity contribution in [2.24, 2.45) is 0 Å². The SMILES string of the molecule is [Ag].[H-].[K+].[O]=[Mn](=[O])(=[O])[OH]. The molecule has 0 atom stereocenters. The first kappa shape index (κ1) is 16.1. The van der Waals surface area contributed by atoms with Crippen LogP contribution in [-0.2, 0) is 46.9 Å². The summed E-state index contributed by atoms with van der Waals surface area (Å²) in [6.07, 6.45) is 0. The third kappa shape index (κ3) is 63.5. The molecule has 0 unspecified atom stereocenters. The summed E-state index contributed by atoms with van der Waals surface area (Å²) >= 11 is -5.38. The van der Waals surface area contributed by atoms with Gasteiger partial charge in [0.15, 0.2) is 0 Å². The van der Waals surface area contributed by atoms with Crippen molar-refractivity contribution in [3.05, 3.63) is 0 Å². The molecular weight excluding hydrogens is 266 g/mol. The van der Waals surface area contributed by atoms with Gasteiger partial charge in [0.25, 0.3) is 0 Å². The molecule has 0 aliphatic heterocycles. The second-order valence-electron chi connectivity index (χ2n) is 0.396. The summed E-state index contributed by atoms with van der Waals surface area (Å²) < 4.78 is 33.1. The molecule has 0 aromatic carbocycles. The van der Waals surface area contributed by atoms with Crippen molar-refractivity contribution in [2.45, 2.75) is 0 Å². The summed E-state index contributed by atoms with van der Waals surface area (Å²) in [6.45, 7) is 0. The van der Waals surface area contributed by atoms with Gasteiger partial charge in [-0.3, -0.25) is 0 Å². The summed E-state index contributed by atoms with van der Waals surface area (Å²) in [5.41, 5.74) is 0. The molecule has 0 saturated carbocycles. The van der Waals surface area contributed by atoms with E-state index in [0.717, 1.165) is 0 Å². The Kier molecular flexibility index (Phi) is 14.7. The predicted octanol–water partition coefficient (Wildman–Crippen LogP) is -3.80. The van der Waals surface area contributed by atoms with Crippen LogP contribution in [0.2, 0.25) is 0 Å². The first-order chi connectivity index (χ1) is 2.00. The molecule has 0 aromatic rings. The average molecular weight is 268 g/mol. The zero-order chi connectivity index (χ0) is 4.50. The molecular formula is H2AgKMnO4. The molecule has 0 heterocycles. The van der Waals surface area contributed by atoms with E-state index in [4.69, 9.17) is 15.7 Å². The van der Waals surface area contributed by atoms with Crippen molar-refractivity contribution >= 4 is 0 Å². The fraction of sp³-hybridized carbons (Fsp3) is 0. The monoisotopic (exact) mass is 267 g/mol. The molecule has 0 rings (SSSR count). The molecule has 45 valence electrons. The van der Waals surface area contributed by atoms with Gasteiger partial charge in [0, 0.05) is 22.4 Å². The maximum atomic E-state index is 8.69. The van der Waals surface area contributed by atoms with Crippen LogP contribution in [0.15, 0.2) is 0 Å². The molecule has 0 aromatic heterocycles. The quantitative estimate of drug-likeness (QED) is 0.457. The Labute approximate surface area is 102 Å². The van der Waals surface area contributed by atoms with Crippen molar-refractivity contribution in [1.82, 2.24) is 0 Å². The molecule has 0 spiro atoms. The molecule has 0 aliphatic carbocycles. The zero-order valence-corrected chi connectivity index (χ0v) is 9.14. The molecule has 1 N–H and O–H groups in total. The summed E-state index contributed by atoms with van der Waals surface area (Å²) in [6, 6.07) is 0. The Hall–Kier alpha value is 2.26. The van der Waals surface area contributed by atoms with Crippen LogP contribution in [0.25, 0.3) is 0 Å². The summed E-state index contributed by atoms with van der Waals surface area (Å²) in [4.78, 5) is 0. The number of rotatable bonds is 0. The van der Waals surface area contributed by atoms with Gasteiger partial charge in [0.1, 0.15) is 0 Å². The molecule has 0 aliphatic rings. The van der Waals surface area contributed by atoms with E-state index in [0.29, 0.717) is 0 Å². The van der Waals surface area contributed by atoms with Crippen LogP contribution in [0.3, 0.4) is 0 Å². The molecule has 0 bridgehead atoms. The third-order valence-electron chi connectivity index (χ3n) is 0. The minimum absolute atomic E-state index is 0. The molecule has 1 radical (unpaired) electrons. The molecule has 4 nitrogen and oxygen atoms in total. The Morgan fingerprint density at radius 3 is 1.29 bits per heavy atom. The number of hydrogen-bond donors (Lipinski definition) is 1. The molecule has 0 fully saturated rings. The van der Waals surface area contributed by atoms with Gasteiger partial charge in [-0.15, -0.1) is 0 Å². The average Bonchev–Trinajstić information content (AvgIpc) is 0.722. The molecule has 0 amide bonds. The van der Waals surface area contributed by atoms with E-state index < -0.39 is 13.0 Å². The Morgan fingerprint density at radius 1 is 1.29 bits per heavy atom. The van der Waals surface area contributed by atoms with Crippen LogP contribution in [0.5, 0.6) is 0 Å². The van der Waals surface area contributed by atoms with Gasteiger partial charge in [0.05, 0.1) is 0 Å². The van der Waals surface area contributed by atoms with Crippen LogP contribution in [0.1, 0.15) is 1.43 Å². The van der Waals surface area contributed by atoms with Gasteiger partial charge >= 0.3 is 80.0 Å². The van der Waals surface area contributed by atoms with Gasteiger partial charge < -0.3 is 1.43 Å². The maximum absolute atomic E-state index is 8.69. The van der Waals surface area contributed by atoms with Crippen LogP contribution in [0, 0.1) is 0 Å². The second kappa shape index (κ2) is 6.38. The van der Waals surface area contributed by atoms with Gasteiger partial charge in [-0.05, 0) is 0 Å². The second-order valence-corrected chi connectivity index (χ2v) is 1.63. The van der Waals surface area contributed by atoms with Gasteiger partial charge in [-0.1, -0.05) is 0 Å². The van der Waals surface area contributed by atoms with E-state index in [1.165, 1.54) is 0 Å². The Morgan fingerprint density at radius 2 is 1.29 bits per heavy atom. The fourth-order valence-corrected chi connectivity index (χ4v) is 0. The standard InChI is InChI=1S/Ag.K.Mn.H2O.3O.H/h;;;1H2;;;;/q;2*+1;;;;;-1/p-1. The fourth-order valence-electron chi connectivity index (χ4n) is 0. The summed E-state index contributed by atoms with van der Waals surface area (Å²) in [5, 5.41) is 0. The van der Waals surface area contributed by atoms with E-state index in [9.17, 15) is 0 Å².